The molecule has 2 unspecified atom stereocenters. The Bertz CT molecular complexity index is 95.8. The van der Waals surface area contributed by atoms with E-state index >= 15 is 0 Å². The summed E-state index contributed by atoms with van der Waals surface area (Å²) in [6, 6.07) is 0.414. The Labute approximate surface area is 81.5 Å². The van der Waals surface area contributed by atoms with E-state index in [2.05, 4.69) is 20.8 Å². The predicted molar refractivity (Wildman–Crippen MR) is 59.7 cm³/mol. The Morgan fingerprint density at radius 3 is 2.50 bits per heavy atom. The molecule has 74 valence electrons. The van der Waals surface area contributed by atoms with Crippen molar-refractivity contribution in [3.8, 4) is 0 Å². The third kappa shape index (κ3) is 5.90. The summed E-state index contributed by atoms with van der Waals surface area (Å²) in [5, 5.41) is 0. The Balaban J connectivity index is 3.24. The third-order valence-electron chi connectivity index (χ3n) is 2.35. The van der Waals surface area contributed by atoms with Gasteiger partial charge in [-0.05, 0) is 36.7 Å². The maximum absolute atomic E-state index is 5.92. The lowest BCUT2D eigenvalue weighted by Crippen LogP contribution is -2.27. The molecule has 0 saturated heterocycles. The zero-order valence-electron chi connectivity index (χ0n) is 8.68. The van der Waals surface area contributed by atoms with Crippen molar-refractivity contribution >= 4 is 11.8 Å². The molecule has 0 radical (unpaired) electrons. The summed E-state index contributed by atoms with van der Waals surface area (Å²) >= 11 is 2.03. The normalized spacial score (nSPS) is 16.0. The molecule has 0 rings (SSSR count). The number of hydrogen-bond acceptors (Lipinski definition) is 2. The summed E-state index contributed by atoms with van der Waals surface area (Å²) in [4.78, 5) is 0. The number of nitrogens with two attached hydrogens (primary N) is 1. The van der Waals surface area contributed by atoms with Gasteiger partial charge in [0.1, 0.15) is 0 Å². The molecule has 0 aromatic heterocycles. The lowest BCUT2D eigenvalue weighted by Gasteiger charge is -2.17. The van der Waals surface area contributed by atoms with E-state index in [-0.39, 0.29) is 0 Å². The van der Waals surface area contributed by atoms with Crippen molar-refractivity contribution in [1.82, 2.24) is 0 Å². The topological polar surface area (TPSA) is 26.0 Å². The standard InChI is InChI=1S/C10H23NS/c1-4-10(11)9(3)7-6-8-12-5-2/h9-10H,4-8,11H2,1-3H3. The molecule has 12 heavy (non-hydrogen) atoms. The summed E-state index contributed by atoms with van der Waals surface area (Å²) in [6.45, 7) is 6.65. The van der Waals surface area contributed by atoms with Gasteiger partial charge in [0.05, 0.1) is 0 Å². The van der Waals surface area contributed by atoms with Crippen LogP contribution in [0.4, 0.5) is 0 Å². The van der Waals surface area contributed by atoms with Gasteiger partial charge >= 0.3 is 0 Å². The highest BCUT2D eigenvalue weighted by atomic mass is 32.2. The lowest BCUT2D eigenvalue weighted by atomic mass is 9.96. The van der Waals surface area contributed by atoms with Gasteiger partial charge in [-0.1, -0.05) is 20.8 Å². The number of rotatable bonds is 7. The summed E-state index contributed by atoms with van der Waals surface area (Å²) in [5.74, 6) is 3.25. The van der Waals surface area contributed by atoms with Crippen molar-refractivity contribution in [3.05, 3.63) is 0 Å². The van der Waals surface area contributed by atoms with Crippen LogP contribution in [0.1, 0.15) is 40.0 Å². The van der Waals surface area contributed by atoms with Crippen LogP contribution in [0.2, 0.25) is 0 Å². The summed E-state index contributed by atoms with van der Waals surface area (Å²) in [7, 11) is 0. The maximum atomic E-state index is 5.92. The molecule has 2 atom stereocenters. The first-order valence-electron chi connectivity index (χ1n) is 5.05. The fourth-order valence-electron chi connectivity index (χ4n) is 1.27. The quantitative estimate of drug-likeness (QED) is 0.623. The van der Waals surface area contributed by atoms with Crippen LogP contribution in [0.3, 0.4) is 0 Å². The summed E-state index contributed by atoms with van der Waals surface area (Å²) in [5.41, 5.74) is 5.92. The smallest absolute Gasteiger partial charge is 0.00619 e. The van der Waals surface area contributed by atoms with E-state index in [0.717, 1.165) is 6.42 Å². The number of thioether (sulfide) groups is 1. The van der Waals surface area contributed by atoms with E-state index in [1.165, 1.54) is 24.3 Å². The molecule has 0 aromatic rings. The second kappa shape index (κ2) is 7.93. The molecule has 0 saturated carbocycles. The van der Waals surface area contributed by atoms with E-state index in [9.17, 15) is 0 Å². The molecular formula is C10H23NS. The van der Waals surface area contributed by atoms with Crippen LogP contribution < -0.4 is 5.73 Å². The highest BCUT2D eigenvalue weighted by molar-refractivity contribution is 7.99. The van der Waals surface area contributed by atoms with Gasteiger partial charge in [-0.2, -0.15) is 11.8 Å². The molecule has 0 amide bonds. The second-order valence-electron chi connectivity index (χ2n) is 3.39. The molecule has 0 aromatic carbocycles. The van der Waals surface area contributed by atoms with Crippen molar-refractivity contribution < 1.29 is 0 Å². The van der Waals surface area contributed by atoms with Crippen LogP contribution in [-0.2, 0) is 0 Å². The van der Waals surface area contributed by atoms with Crippen molar-refractivity contribution in [2.24, 2.45) is 11.7 Å². The van der Waals surface area contributed by atoms with Crippen LogP contribution in [0, 0.1) is 5.92 Å². The van der Waals surface area contributed by atoms with E-state index in [1.54, 1.807) is 0 Å². The van der Waals surface area contributed by atoms with Gasteiger partial charge in [0.15, 0.2) is 0 Å². The number of hydrogen-bond donors (Lipinski definition) is 1. The minimum atomic E-state index is 0.414. The molecule has 0 fully saturated rings. The van der Waals surface area contributed by atoms with Gasteiger partial charge in [0.25, 0.3) is 0 Å². The molecule has 0 aliphatic heterocycles. The predicted octanol–water partition coefficient (Wildman–Crippen LogP) is 2.89. The first-order chi connectivity index (χ1) is 5.72. The maximum Gasteiger partial charge on any atom is 0.00619 e. The Kier molecular flexibility index (Phi) is 8.14. The van der Waals surface area contributed by atoms with Gasteiger partial charge in [-0.25, -0.2) is 0 Å². The minimum absolute atomic E-state index is 0.414. The average Bonchev–Trinajstić information content (AvgIpc) is 2.10. The molecule has 0 spiro atoms. The van der Waals surface area contributed by atoms with Crippen LogP contribution >= 0.6 is 11.8 Å². The van der Waals surface area contributed by atoms with Crippen LogP contribution in [0.5, 0.6) is 0 Å². The Hall–Kier alpha value is 0.310. The molecule has 0 heterocycles. The zero-order valence-corrected chi connectivity index (χ0v) is 9.49. The van der Waals surface area contributed by atoms with E-state index < -0.39 is 0 Å². The van der Waals surface area contributed by atoms with Gasteiger partial charge in [0.2, 0.25) is 0 Å². The van der Waals surface area contributed by atoms with Crippen LogP contribution in [0.25, 0.3) is 0 Å². The average molecular weight is 189 g/mol. The van der Waals surface area contributed by atoms with Gasteiger partial charge in [-0.15, -0.1) is 0 Å². The molecule has 0 aliphatic rings. The lowest BCUT2D eigenvalue weighted by molar-refractivity contribution is 0.414. The first-order valence-corrected chi connectivity index (χ1v) is 6.21. The second-order valence-corrected chi connectivity index (χ2v) is 4.78. The monoisotopic (exact) mass is 189 g/mol. The van der Waals surface area contributed by atoms with Crippen molar-refractivity contribution in [2.75, 3.05) is 11.5 Å². The van der Waals surface area contributed by atoms with Gasteiger partial charge in [0, 0.05) is 6.04 Å². The molecule has 2 N–H and O–H groups in total. The highest BCUT2D eigenvalue weighted by Crippen LogP contribution is 2.13. The first kappa shape index (κ1) is 12.3. The largest absolute Gasteiger partial charge is 0.327 e. The highest BCUT2D eigenvalue weighted by Gasteiger charge is 2.09. The van der Waals surface area contributed by atoms with Gasteiger partial charge < -0.3 is 5.73 Å². The van der Waals surface area contributed by atoms with Gasteiger partial charge in [-0.3, -0.25) is 0 Å². The third-order valence-corrected chi connectivity index (χ3v) is 3.34. The zero-order chi connectivity index (χ0) is 9.40. The molecule has 0 aliphatic carbocycles. The SMILES string of the molecule is CCSCCCC(C)C(N)CC. The molecular weight excluding hydrogens is 166 g/mol. The fourth-order valence-corrected chi connectivity index (χ4v) is 1.93. The van der Waals surface area contributed by atoms with Crippen LogP contribution in [-0.4, -0.2) is 17.5 Å². The summed E-state index contributed by atoms with van der Waals surface area (Å²) < 4.78 is 0. The van der Waals surface area contributed by atoms with Crippen molar-refractivity contribution in [3.63, 3.8) is 0 Å². The summed E-state index contributed by atoms with van der Waals surface area (Å²) in [6.07, 6.45) is 3.73. The molecule has 0 bridgehead atoms. The molecule has 1 nitrogen and oxygen atoms in total. The minimum Gasteiger partial charge on any atom is -0.327 e. The van der Waals surface area contributed by atoms with E-state index in [4.69, 9.17) is 5.73 Å². The van der Waals surface area contributed by atoms with Crippen LogP contribution in [0.15, 0.2) is 0 Å². The Morgan fingerprint density at radius 1 is 1.33 bits per heavy atom. The van der Waals surface area contributed by atoms with Crippen molar-refractivity contribution in [1.29, 1.82) is 0 Å². The van der Waals surface area contributed by atoms with E-state index in [1.807, 2.05) is 11.8 Å². The van der Waals surface area contributed by atoms with Crippen molar-refractivity contribution in [2.45, 2.75) is 46.1 Å². The molecule has 2 heteroatoms. The Morgan fingerprint density at radius 2 is 2.00 bits per heavy atom. The fraction of sp³-hybridized carbons (Fsp3) is 1.00. The van der Waals surface area contributed by atoms with E-state index in [0.29, 0.717) is 12.0 Å².